The van der Waals surface area contributed by atoms with Crippen LogP contribution in [-0.4, -0.2) is 13.1 Å². The van der Waals surface area contributed by atoms with Gasteiger partial charge >= 0.3 is 5.97 Å². The first-order valence-corrected chi connectivity index (χ1v) is 10.8. The predicted molar refractivity (Wildman–Crippen MR) is 120 cm³/mol. The smallest absolute Gasteiger partial charge is 0.310 e. The van der Waals surface area contributed by atoms with Crippen molar-refractivity contribution in [2.24, 2.45) is 5.92 Å². The molecule has 0 amide bonds. The van der Waals surface area contributed by atoms with E-state index in [2.05, 4.69) is 36.2 Å². The minimum atomic E-state index is -0.195. The van der Waals surface area contributed by atoms with Crippen LogP contribution in [0.25, 0.3) is 0 Å². The maximum Gasteiger partial charge on any atom is 0.310 e. The van der Waals surface area contributed by atoms with E-state index in [0.717, 1.165) is 37.8 Å². The molecule has 0 fully saturated rings. The molecule has 156 valence electrons. The Balaban J connectivity index is 2.03. The highest BCUT2D eigenvalue weighted by Gasteiger charge is 2.29. The second-order valence-electron chi connectivity index (χ2n) is 7.52. The molecule has 0 saturated carbocycles. The molecule has 0 saturated heterocycles. The number of esters is 1. The summed E-state index contributed by atoms with van der Waals surface area (Å²) in [6.45, 7) is 4.49. The Morgan fingerprint density at radius 2 is 1.59 bits per heavy atom. The van der Waals surface area contributed by atoms with Gasteiger partial charge < -0.3 is 10.1 Å². The van der Waals surface area contributed by atoms with Crippen molar-refractivity contribution in [3.8, 4) is 0 Å². The topological polar surface area (TPSA) is 38.3 Å². The molecule has 0 aliphatic carbocycles. The van der Waals surface area contributed by atoms with Gasteiger partial charge in [-0.2, -0.15) is 0 Å². The van der Waals surface area contributed by atoms with Crippen LogP contribution in [-0.2, 0) is 16.1 Å². The van der Waals surface area contributed by atoms with Crippen molar-refractivity contribution in [1.29, 1.82) is 0 Å². The van der Waals surface area contributed by atoms with Gasteiger partial charge in [0, 0.05) is 12.6 Å². The third kappa shape index (κ3) is 8.25. The Kier molecular flexibility index (Phi) is 10.8. The van der Waals surface area contributed by atoms with Crippen LogP contribution in [0.15, 0.2) is 73.3 Å². The molecular weight excluding hydrogens is 358 g/mol. The lowest BCUT2D eigenvalue weighted by Crippen LogP contribution is -2.33. The van der Waals surface area contributed by atoms with E-state index in [-0.39, 0.29) is 17.9 Å². The van der Waals surface area contributed by atoms with Gasteiger partial charge in [0.15, 0.2) is 0 Å². The molecule has 0 aliphatic rings. The fourth-order valence-corrected chi connectivity index (χ4v) is 3.73. The van der Waals surface area contributed by atoms with E-state index in [1.807, 2.05) is 42.5 Å². The second-order valence-corrected chi connectivity index (χ2v) is 7.52. The van der Waals surface area contributed by atoms with E-state index < -0.39 is 0 Å². The van der Waals surface area contributed by atoms with Crippen molar-refractivity contribution in [2.75, 3.05) is 7.11 Å². The molecule has 29 heavy (non-hydrogen) atoms. The number of unbranched alkanes of at least 4 members (excludes halogenated alkanes) is 5. The number of rotatable bonds is 14. The van der Waals surface area contributed by atoms with Gasteiger partial charge in [0.05, 0.1) is 13.0 Å². The summed E-state index contributed by atoms with van der Waals surface area (Å²) < 4.78 is 5.19. The highest BCUT2D eigenvalue weighted by atomic mass is 16.5. The molecule has 0 bridgehead atoms. The quantitative estimate of drug-likeness (QED) is 0.235. The zero-order chi connectivity index (χ0) is 20.7. The zero-order valence-electron chi connectivity index (χ0n) is 17.7. The number of nitrogens with one attached hydrogen (secondary N) is 1. The lowest BCUT2D eigenvalue weighted by Gasteiger charge is -2.27. The van der Waals surface area contributed by atoms with Crippen molar-refractivity contribution >= 4 is 5.97 Å². The molecule has 3 nitrogen and oxygen atoms in total. The summed E-state index contributed by atoms with van der Waals surface area (Å²) in [6.07, 6.45) is 9.71. The number of hydrogen-bond donors (Lipinski definition) is 1. The van der Waals surface area contributed by atoms with Gasteiger partial charge in [0.2, 0.25) is 0 Å². The van der Waals surface area contributed by atoms with E-state index in [1.165, 1.54) is 31.9 Å². The average molecular weight is 394 g/mol. The molecule has 0 spiro atoms. The number of benzene rings is 2. The van der Waals surface area contributed by atoms with Crippen LogP contribution in [0.1, 0.15) is 62.1 Å². The maximum absolute atomic E-state index is 12.7. The number of hydrogen-bond acceptors (Lipinski definition) is 3. The van der Waals surface area contributed by atoms with Crippen LogP contribution >= 0.6 is 0 Å². The molecule has 1 N–H and O–H groups in total. The first kappa shape index (κ1) is 22.9. The van der Waals surface area contributed by atoms with E-state index in [1.54, 1.807) is 0 Å². The molecule has 0 radical (unpaired) electrons. The minimum Gasteiger partial charge on any atom is -0.469 e. The molecule has 0 aliphatic heterocycles. The first-order chi connectivity index (χ1) is 14.3. The minimum absolute atomic E-state index is 0.0652. The van der Waals surface area contributed by atoms with Gasteiger partial charge in [-0.1, -0.05) is 92.4 Å². The maximum atomic E-state index is 12.7. The monoisotopic (exact) mass is 393 g/mol. The number of methoxy groups -OCH3 is 1. The standard InChI is InChI=1S/C26H35NO2/c1-3-4-5-6-7-8-15-20-24(26(28)29-2)25(23-18-13-10-14-19-23)27-21-22-16-11-9-12-17-22/h3,9-14,16-19,24-25,27H,1,4-8,15,20-21H2,2H3. The summed E-state index contributed by atoms with van der Waals surface area (Å²) in [7, 11) is 1.49. The van der Waals surface area contributed by atoms with Crippen LogP contribution in [0, 0.1) is 5.92 Å². The molecule has 2 aromatic rings. The Morgan fingerprint density at radius 3 is 2.24 bits per heavy atom. The van der Waals surface area contributed by atoms with Gasteiger partial charge in [-0.25, -0.2) is 0 Å². The third-order valence-electron chi connectivity index (χ3n) is 5.36. The van der Waals surface area contributed by atoms with Crippen LogP contribution in [0.2, 0.25) is 0 Å². The molecule has 2 atom stereocenters. The molecular formula is C26H35NO2. The van der Waals surface area contributed by atoms with Crippen LogP contribution in [0.3, 0.4) is 0 Å². The highest BCUT2D eigenvalue weighted by Crippen LogP contribution is 2.28. The van der Waals surface area contributed by atoms with Crippen molar-refractivity contribution < 1.29 is 9.53 Å². The summed E-state index contributed by atoms with van der Waals surface area (Å²) in [5.41, 5.74) is 2.34. The SMILES string of the molecule is C=CCCCCCCCC(C(=O)OC)C(NCc1ccccc1)c1ccccc1. The Morgan fingerprint density at radius 1 is 0.966 bits per heavy atom. The number of allylic oxidation sites excluding steroid dienone is 1. The summed E-state index contributed by atoms with van der Waals surface area (Å²) in [6, 6.07) is 20.5. The van der Waals surface area contributed by atoms with Crippen molar-refractivity contribution in [3.05, 3.63) is 84.4 Å². The summed E-state index contributed by atoms with van der Waals surface area (Å²) >= 11 is 0. The number of carbonyl (C=O) groups excluding carboxylic acids is 1. The zero-order valence-corrected chi connectivity index (χ0v) is 17.7. The molecule has 2 unspecified atom stereocenters. The average Bonchev–Trinajstić information content (AvgIpc) is 2.78. The molecule has 0 aromatic heterocycles. The van der Waals surface area contributed by atoms with E-state index >= 15 is 0 Å². The van der Waals surface area contributed by atoms with Gasteiger partial charge in [-0.3, -0.25) is 4.79 Å². The van der Waals surface area contributed by atoms with Gasteiger partial charge in [0.1, 0.15) is 0 Å². The Bertz CT molecular complexity index is 699. The fraction of sp³-hybridized carbons (Fsp3) is 0.423. The molecule has 0 heterocycles. The predicted octanol–water partition coefficient (Wildman–Crippen LogP) is 6.22. The first-order valence-electron chi connectivity index (χ1n) is 10.8. The Hall–Kier alpha value is -2.39. The van der Waals surface area contributed by atoms with E-state index in [0.29, 0.717) is 0 Å². The van der Waals surface area contributed by atoms with Crippen molar-refractivity contribution in [3.63, 3.8) is 0 Å². The van der Waals surface area contributed by atoms with Crippen LogP contribution in [0.4, 0.5) is 0 Å². The third-order valence-corrected chi connectivity index (χ3v) is 5.36. The fourth-order valence-electron chi connectivity index (χ4n) is 3.73. The van der Waals surface area contributed by atoms with Gasteiger partial charge in [0.25, 0.3) is 0 Å². The summed E-state index contributed by atoms with van der Waals surface area (Å²) in [4.78, 5) is 12.7. The molecule has 2 aromatic carbocycles. The molecule has 3 heteroatoms. The number of carbonyl (C=O) groups is 1. The normalized spacial score (nSPS) is 12.9. The molecule has 2 rings (SSSR count). The highest BCUT2D eigenvalue weighted by molar-refractivity contribution is 5.73. The van der Waals surface area contributed by atoms with Crippen molar-refractivity contribution in [2.45, 2.75) is 57.5 Å². The summed E-state index contributed by atoms with van der Waals surface area (Å²) in [5, 5.41) is 3.62. The van der Waals surface area contributed by atoms with Crippen LogP contribution < -0.4 is 5.32 Å². The lowest BCUT2D eigenvalue weighted by atomic mass is 9.88. The second kappa shape index (κ2) is 13.7. The lowest BCUT2D eigenvalue weighted by molar-refractivity contribution is -0.147. The van der Waals surface area contributed by atoms with Gasteiger partial charge in [-0.05, 0) is 30.4 Å². The number of ether oxygens (including phenoxy) is 1. The van der Waals surface area contributed by atoms with E-state index in [9.17, 15) is 4.79 Å². The Labute approximate surface area is 176 Å². The van der Waals surface area contributed by atoms with E-state index in [4.69, 9.17) is 4.74 Å². The summed E-state index contributed by atoms with van der Waals surface area (Å²) in [5.74, 6) is -0.328. The largest absolute Gasteiger partial charge is 0.469 e. The van der Waals surface area contributed by atoms with Crippen LogP contribution in [0.5, 0.6) is 0 Å². The van der Waals surface area contributed by atoms with Crippen molar-refractivity contribution in [1.82, 2.24) is 5.32 Å². The van der Waals surface area contributed by atoms with Gasteiger partial charge in [-0.15, -0.1) is 6.58 Å².